The van der Waals surface area contributed by atoms with Crippen LogP contribution in [0.4, 0.5) is 11.4 Å². The standard InChI is InChI=1S/C24H21Cl2N3O3S/c25-17-11-12-21(20(26)15-17)32-13-5-10-22(30)29-24(33)28-19-9-4-6-16(14-19)23(31)27-18-7-2-1-3-8-18/h1-4,6-9,11-12,14-15H,5,10,13H2,(H,27,31)(H2,28,29,30,33). The average molecular weight is 502 g/mol. The molecule has 0 unspecified atom stereocenters. The van der Waals surface area contributed by atoms with Crippen LogP contribution in [0.15, 0.2) is 72.8 Å². The molecule has 0 aromatic heterocycles. The smallest absolute Gasteiger partial charge is 0.255 e. The van der Waals surface area contributed by atoms with E-state index < -0.39 is 0 Å². The number of hydrogen-bond acceptors (Lipinski definition) is 4. The van der Waals surface area contributed by atoms with Crippen LogP contribution in [0.1, 0.15) is 23.2 Å². The van der Waals surface area contributed by atoms with Crippen molar-refractivity contribution in [2.24, 2.45) is 0 Å². The van der Waals surface area contributed by atoms with Gasteiger partial charge in [-0.2, -0.15) is 0 Å². The number of anilines is 2. The van der Waals surface area contributed by atoms with Crippen molar-refractivity contribution in [2.75, 3.05) is 17.2 Å². The lowest BCUT2D eigenvalue weighted by Crippen LogP contribution is -2.34. The number of hydrogen-bond donors (Lipinski definition) is 3. The third-order valence-corrected chi connectivity index (χ3v) is 5.10. The zero-order chi connectivity index (χ0) is 23.6. The summed E-state index contributed by atoms with van der Waals surface area (Å²) in [5.41, 5.74) is 1.74. The molecule has 170 valence electrons. The van der Waals surface area contributed by atoms with Gasteiger partial charge in [-0.15, -0.1) is 0 Å². The highest BCUT2D eigenvalue weighted by molar-refractivity contribution is 7.80. The van der Waals surface area contributed by atoms with Gasteiger partial charge in [0.2, 0.25) is 5.91 Å². The molecule has 0 saturated carbocycles. The highest BCUT2D eigenvalue weighted by atomic mass is 35.5. The second-order valence-corrected chi connectivity index (χ2v) is 8.18. The van der Waals surface area contributed by atoms with E-state index in [1.54, 1.807) is 54.6 Å². The lowest BCUT2D eigenvalue weighted by atomic mass is 10.2. The number of amides is 2. The molecule has 0 radical (unpaired) electrons. The molecule has 0 spiro atoms. The molecule has 0 aliphatic heterocycles. The summed E-state index contributed by atoms with van der Waals surface area (Å²) in [6.45, 7) is 0.313. The van der Waals surface area contributed by atoms with Crippen LogP contribution in [0.25, 0.3) is 0 Å². The van der Waals surface area contributed by atoms with E-state index in [2.05, 4.69) is 16.0 Å². The van der Waals surface area contributed by atoms with Gasteiger partial charge in [0.15, 0.2) is 5.11 Å². The monoisotopic (exact) mass is 501 g/mol. The van der Waals surface area contributed by atoms with E-state index in [0.29, 0.717) is 45.8 Å². The summed E-state index contributed by atoms with van der Waals surface area (Å²) in [4.78, 5) is 24.6. The Morgan fingerprint density at radius 1 is 0.879 bits per heavy atom. The van der Waals surface area contributed by atoms with Crippen LogP contribution in [0, 0.1) is 0 Å². The number of ether oxygens (including phenoxy) is 1. The first-order chi connectivity index (χ1) is 15.9. The third kappa shape index (κ3) is 8.05. The summed E-state index contributed by atoms with van der Waals surface area (Å²) >= 11 is 17.1. The van der Waals surface area contributed by atoms with E-state index in [9.17, 15) is 9.59 Å². The second-order valence-electron chi connectivity index (χ2n) is 6.93. The van der Waals surface area contributed by atoms with Crippen LogP contribution in [-0.2, 0) is 4.79 Å². The van der Waals surface area contributed by atoms with Crippen LogP contribution >= 0.6 is 35.4 Å². The topological polar surface area (TPSA) is 79.5 Å². The highest BCUT2D eigenvalue weighted by Gasteiger charge is 2.09. The second kappa shape index (κ2) is 12.2. The van der Waals surface area contributed by atoms with Gasteiger partial charge in [0.1, 0.15) is 5.75 Å². The molecule has 6 nitrogen and oxygen atoms in total. The molecule has 3 aromatic carbocycles. The molecule has 0 heterocycles. The number of rotatable bonds is 8. The predicted molar refractivity (Wildman–Crippen MR) is 136 cm³/mol. The average Bonchev–Trinajstić information content (AvgIpc) is 2.78. The largest absolute Gasteiger partial charge is 0.492 e. The van der Waals surface area contributed by atoms with Gasteiger partial charge in [0, 0.05) is 28.4 Å². The molecule has 33 heavy (non-hydrogen) atoms. The van der Waals surface area contributed by atoms with Gasteiger partial charge in [0.05, 0.1) is 11.6 Å². The number of carbonyl (C=O) groups excluding carboxylic acids is 2. The molecule has 3 aromatic rings. The van der Waals surface area contributed by atoms with Crippen molar-refractivity contribution in [2.45, 2.75) is 12.8 Å². The number of halogens is 2. The van der Waals surface area contributed by atoms with Gasteiger partial charge in [-0.1, -0.05) is 47.5 Å². The SMILES string of the molecule is O=C(CCCOc1ccc(Cl)cc1Cl)NC(=S)Nc1cccc(C(=O)Nc2ccccc2)c1. The van der Waals surface area contributed by atoms with Crippen molar-refractivity contribution < 1.29 is 14.3 Å². The van der Waals surface area contributed by atoms with E-state index in [1.807, 2.05) is 18.2 Å². The maximum absolute atomic E-state index is 12.4. The molecule has 0 atom stereocenters. The van der Waals surface area contributed by atoms with Crippen LogP contribution in [0.3, 0.4) is 0 Å². The maximum atomic E-state index is 12.4. The number of para-hydroxylation sites is 1. The van der Waals surface area contributed by atoms with Gasteiger partial charge in [0.25, 0.3) is 5.91 Å². The maximum Gasteiger partial charge on any atom is 0.255 e. The quantitative estimate of drug-likeness (QED) is 0.263. The number of thiocarbonyl (C=S) groups is 1. The summed E-state index contributed by atoms with van der Waals surface area (Å²) in [7, 11) is 0. The zero-order valence-electron chi connectivity index (χ0n) is 17.4. The van der Waals surface area contributed by atoms with Crippen molar-refractivity contribution in [1.82, 2.24) is 5.32 Å². The van der Waals surface area contributed by atoms with Crippen molar-refractivity contribution in [3.8, 4) is 5.75 Å². The Labute approximate surface area is 207 Å². The minimum atomic E-state index is -0.253. The molecule has 0 aliphatic rings. The normalized spacial score (nSPS) is 10.2. The van der Waals surface area contributed by atoms with Crippen LogP contribution in [-0.4, -0.2) is 23.5 Å². The molecule has 0 saturated heterocycles. The third-order valence-electron chi connectivity index (χ3n) is 4.37. The summed E-state index contributed by atoms with van der Waals surface area (Å²) in [6, 6.07) is 20.9. The fraction of sp³-hybridized carbons (Fsp3) is 0.125. The fourth-order valence-corrected chi connectivity index (χ4v) is 3.52. The van der Waals surface area contributed by atoms with Gasteiger partial charge < -0.3 is 20.7 Å². The molecule has 0 fully saturated rings. The van der Waals surface area contributed by atoms with Crippen molar-refractivity contribution >= 4 is 63.7 Å². The van der Waals surface area contributed by atoms with Gasteiger partial charge in [-0.25, -0.2) is 0 Å². The molecular weight excluding hydrogens is 481 g/mol. The van der Waals surface area contributed by atoms with E-state index >= 15 is 0 Å². The van der Waals surface area contributed by atoms with E-state index in [0.717, 1.165) is 0 Å². The van der Waals surface area contributed by atoms with Crippen molar-refractivity contribution in [1.29, 1.82) is 0 Å². The summed E-state index contributed by atoms with van der Waals surface area (Å²) in [5.74, 6) is 0.00622. The number of benzene rings is 3. The van der Waals surface area contributed by atoms with E-state index in [-0.39, 0.29) is 23.3 Å². The number of carbonyl (C=O) groups is 2. The minimum absolute atomic E-state index is 0.141. The number of nitrogens with one attached hydrogen (secondary N) is 3. The summed E-state index contributed by atoms with van der Waals surface area (Å²) in [5, 5.41) is 9.44. The Balaban J connectivity index is 1.42. The Morgan fingerprint density at radius 2 is 1.64 bits per heavy atom. The van der Waals surface area contributed by atoms with Crippen molar-refractivity contribution in [3.63, 3.8) is 0 Å². The lowest BCUT2D eigenvalue weighted by molar-refractivity contribution is -0.119. The molecule has 0 bridgehead atoms. The predicted octanol–water partition coefficient (Wildman–Crippen LogP) is 5.92. The van der Waals surface area contributed by atoms with Crippen LogP contribution in [0.2, 0.25) is 10.0 Å². The molecule has 3 rings (SSSR count). The van der Waals surface area contributed by atoms with Crippen LogP contribution < -0.4 is 20.7 Å². The van der Waals surface area contributed by atoms with Crippen LogP contribution in [0.5, 0.6) is 5.75 Å². The summed E-state index contributed by atoms with van der Waals surface area (Å²) < 4.78 is 5.56. The highest BCUT2D eigenvalue weighted by Crippen LogP contribution is 2.27. The van der Waals surface area contributed by atoms with Gasteiger partial charge in [-0.3, -0.25) is 9.59 Å². The molecule has 9 heteroatoms. The molecule has 0 aliphatic carbocycles. The first-order valence-electron chi connectivity index (χ1n) is 10.1. The Morgan fingerprint density at radius 3 is 2.39 bits per heavy atom. The Bertz CT molecular complexity index is 1140. The first kappa shape index (κ1) is 24.5. The summed E-state index contributed by atoms with van der Waals surface area (Å²) in [6.07, 6.45) is 0.690. The molecule has 2 amide bonds. The minimum Gasteiger partial charge on any atom is -0.492 e. The van der Waals surface area contributed by atoms with Gasteiger partial charge >= 0.3 is 0 Å². The first-order valence-corrected chi connectivity index (χ1v) is 11.2. The Kier molecular flexibility index (Phi) is 9.06. The van der Waals surface area contributed by atoms with Gasteiger partial charge in [-0.05, 0) is 67.2 Å². The fourth-order valence-electron chi connectivity index (χ4n) is 2.82. The lowest BCUT2D eigenvalue weighted by Gasteiger charge is -2.11. The Hall–Kier alpha value is -3.13. The molecule has 3 N–H and O–H groups in total. The van der Waals surface area contributed by atoms with E-state index in [1.165, 1.54) is 0 Å². The molecular formula is C24H21Cl2N3O3S. The zero-order valence-corrected chi connectivity index (χ0v) is 19.8. The van der Waals surface area contributed by atoms with E-state index in [4.69, 9.17) is 40.2 Å². The van der Waals surface area contributed by atoms with Crippen molar-refractivity contribution in [3.05, 3.63) is 88.4 Å².